The molecule has 0 aliphatic carbocycles. The van der Waals surface area contributed by atoms with Crippen LogP contribution in [0.1, 0.15) is 25.6 Å². The summed E-state index contributed by atoms with van der Waals surface area (Å²) in [5.41, 5.74) is 8.24. The maximum Gasteiger partial charge on any atom is 0.254 e. The van der Waals surface area contributed by atoms with Gasteiger partial charge in [0.05, 0.1) is 13.2 Å². The first-order valence-corrected chi connectivity index (χ1v) is 7.74. The van der Waals surface area contributed by atoms with E-state index in [0.29, 0.717) is 0 Å². The summed E-state index contributed by atoms with van der Waals surface area (Å²) in [6.07, 6.45) is -0.725. The van der Waals surface area contributed by atoms with Crippen molar-refractivity contribution in [1.29, 1.82) is 0 Å². The summed E-state index contributed by atoms with van der Waals surface area (Å²) in [5, 5.41) is 12.9. The van der Waals surface area contributed by atoms with E-state index in [4.69, 9.17) is 32.0 Å². The van der Waals surface area contributed by atoms with Gasteiger partial charge < -0.3 is 19.3 Å². The molecule has 1 aromatic heterocycles. The summed E-state index contributed by atoms with van der Waals surface area (Å²) in [4.78, 5) is 17.1. The highest BCUT2D eigenvalue weighted by molar-refractivity contribution is 7.71. The van der Waals surface area contributed by atoms with E-state index in [-0.39, 0.29) is 23.5 Å². The number of hydrogen-bond donors (Lipinski definition) is 2. The molecule has 130 valence electrons. The van der Waals surface area contributed by atoms with Crippen LogP contribution in [0.25, 0.3) is 10.4 Å². The van der Waals surface area contributed by atoms with Crippen molar-refractivity contribution < 1.29 is 19.3 Å². The number of rotatable bonds is 4. The molecular formula is C13H17N5O5S. The van der Waals surface area contributed by atoms with Gasteiger partial charge in [0.15, 0.2) is 16.8 Å². The zero-order chi connectivity index (χ0) is 17.5. The van der Waals surface area contributed by atoms with E-state index < -0.39 is 35.9 Å². The number of hydrogen-bond acceptors (Lipinski definition) is 7. The van der Waals surface area contributed by atoms with Crippen molar-refractivity contribution in [2.45, 2.75) is 50.7 Å². The van der Waals surface area contributed by atoms with Crippen LogP contribution in [0.15, 0.2) is 16.1 Å². The summed E-state index contributed by atoms with van der Waals surface area (Å²) >= 11 is 5.21. The van der Waals surface area contributed by atoms with Gasteiger partial charge in [-0.2, -0.15) is 0 Å². The lowest BCUT2D eigenvalue weighted by molar-refractivity contribution is -0.200. The van der Waals surface area contributed by atoms with Crippen LogP contribution >= 0.6 is 12.2 Å². The maximum atomic E-state index is 11.9. The van der Waals surface area contributed by atoms with Crippen molar-refractivity contribution >= 4 is 12.2 Å². The molecule has 2 aliphatic rings. The first kappa shape index (κ1) is 17.1. The topological polar surface area (TPSA) is 134 Å². The molecule has 3 rings (SSSR count). The van der Waals surface area contributed by atoms with Crippen molar-refractivity contribution in [1.82, 2.24) is 9.55 Å². The van der Waals surface area contributed by atoms with E-state index >= 15 is 0 Å². The Morgan fingerprint density at radius 3 is 2.88 bits per heavy atom. The predicted octanol–water partition coefficient (Wildman–Crippen LogP) is 1.13. The van der Waals surface area contributed by atoms with Gasteiger partial charge in [-0.1, -0.05) is 5.11 Å². The molecule has 0 amide bonds. The number of nitrogens with zero attached hydrogens (tertiary/aromatic N) is 4. The average Bonchev–Trinajstić information content (AvgIpc) is 2.99. The van der Waals surface area contributed by atoms with E-state index in [9.17, 15) is 9.90 Å². The highest BCUT2D eigenvalue weighted by atomic mass is 32.1. The fourth-order valence-corrected chi connectivity index (χ4v) is 3.22. The van der Waals surface area contributed by atoms with Gasteiger partial charge in [-0.25, -0.2) is 0 Å². The molecule has 0 spiro atoms. The Labute approximate surface area is 141 Å². The van der Waals surface area contributed by atoms with Crippen LogP contribution in [0, 0.1) is 4.77 Å². The number of aromatic nitrogens is 2. The molecule has 2 fully saturated rings. The molecule has 0 saturated carbocycles. The van der Waals surface area contributed by atoms with Gasteiger partial charge in [-0.15, -0.1) is 0 Å². The van der Waals surface area contributed by atoms with Crippen LogP contribution in [0.2, 0.25) is 0 Å². The third-order valence-corrected chi connectivity index (χ3v) is 4.24. The Bertz CT molecular complexity index is 799. The van der Waals surface area contributed by atoms with Crippen LogP contribution in [-0.4, -0.2) is 45.4 Å². The lowest BCUT2D eigenvalue weighted by Gasteiger charge is -2.25. The van der Waals surface area contributed by atoms with Crippen LogP contribution in [-0.2, 0) is 20.8 Å². The Kier molecular flexibility index (Phi) is 4.47. The molecule has 3 heterocycles. The predicted molar refractivity (Wildman–Crippen MR) is 83.6 cm³/mol. The molecule has 0 bridgehead atoms. The van der Waals surface area contributed by atoms with E-state index in [1.165, 1.54) is 10.8 Å². The summed E-state index contributed by atoms with van der Waals surface area (Å²) in [6, 6.07) is 0. The molecule has 4 atom stereocenters. The molecule has 0 radical (unpaired) electrons. The maximum absolute atomic E-state index is 11.9. The largest absolute Gasteiger partial charge is 0.394 e. The minimum Gasteiger partial charge on any atom is -0.394 e. The van der Waals surface area contributed by atoms with Gasteiger partial charge in [0.2, 0.25) is 0 Å². The number of ether oxygens (including phenoxy) is 3. The number of aliphatic hydroxyl groups excluding tert-OH is 1. The van der Waals surface area contributed by atoms with Gasteiger partial charge >= 0.3 is 0 Å². The molecular weight excluding hydrogens is 338 g/mol. The molecule has 0 aromatic carbocycles. The highest BCUT2D eigenvalue weighted by Crippen LogP contribution is 2.42. The molecule has 2 N–H and O–H groups in total. The lowest BCUT2D eigenvalue weighted by atomic mass is 10.1. The number of aromatic amines is 1. The number of nitrogens with one attached hydrogen (secondary N) is 1. The summed E-state index contributed by atoms with van der Waals surface area (Å²) < 4.78 is 19.1. The second-order valence-electron chi connectivity index (χ2n) is 6.02. The van der Waals surface area contributed by atoms with Crippen molar-refractivity contribution in [2.75, 3.05) is 6.61 Å². The fraction of sp³-hybridized carbons (Fsp3) is 0.692. The summed E-state index contributed by atoms with van der Waals surface area (Å²) in [7, 11) is 0. The zero-order valence-corrected chi connectivity index (χ0v) is 13.9. The second-order valence-corrected chi connectivity index (χ2v) is 6.41. The average molecular weight is 355 g/mol. The van der Waals surface area contributed by atoms with Gasteiger partial charge in [-0.05, 0) is 31.6 Å². The Balaban J connectivity index is 2.00. The molecule has 1 unspecified atom stereocenters. The van der Waals surface area contributed by atoms with Crippen molar-refractivity contribution in [3.63, 3.8) is 0 Å². The standard InChI is InChI=1S/C13H17N5O5S/c1-13(2)22-8-7(5-19)21-11(9(8)23-13)18-4-6(3-15-17-14)10(20)16-12(18)24/h4,7-9,11,19H,3,5H2,1-2H3,(H,16,20,24)/t7-,8?,9+,11-/m1/s1. The van der Waals surface area contributed by atoms with Crippen LogP contribution < -0.4 is 5.56 Å². The first-order chi connectivity index (χ1) is 11.4. The van der Waals surface area contributed by atoms with E-state index in [0.717, 1.165) is 0 Å². The Morgan fingerprint density at radius 2 is 2.21 bits per heavy atom. The van der Waals surface area contributed by atoms with Gasteiger partial charge in [0, 0.05) is 16.7 Å². The quantitative estimate of drug-likeness (QED) is 0.360. The third kappa shape index (κ3) is 2.97. The molecule has 2 aliphatic heterocycles. The Hall–Kier alpha value is -1.75. The number of aliphatic hydroxyl groups is 1. The first-order valence-electron chi connectivity index (χ1n) is 7.33. The number of fused-ring (bicyclic) bond motifs is 1. The molecule has 11 heteroatoms. The van der Waals surface area contributed by atoms with Crippen molar-refractivity contribution in [3.05, 3.63) is 37.3 Å². The molecule has 24 heavy (non-hydrogen) atoms. The summed E-state index contributed by atoms with van der Waals surface area (Å²) in [5.74, 6) is -0.816. The summed E-state index contributed by atoms with van der Waals surface area (Å²) in [6.45, 7) is 3.19. The highest BCUT2D eigenvalue weighted by Gasteiger charge is 2.55. The van der Waals surface area contributed by atoms with Gasteiger partial charge in [-0.3, -0.25) is 14.3 Å². The van der Waals surface area contributed by atoms with E-state index in [2.05, 4.69) is 15.0 Å². The normalized spacial score (nSPS) is 30.8. The van der Waals surface area contributed by atoms with Gasteiger partial charge in [0.25, 0.3) is 5.56 Å². The van der Waals surface area contributed by atoms with Gasteiger partial charge in [0.1, 0.15) is 18.3 Å². The number of azide groups is 1. The van der Waals surface area contributed by atoms with Crippen molar-refractivity contribution in [3.8, 4) is 0 Å². The van der Waals surface area contributed by atoms with Crippen LogP contribution in [0.4, 0.5) is 0 Å². The minimum atomic E-state index is -0.816. The SMILES string of the molecule is CC1(C)OC2[C@@H](CO)O[C@@H](n3cc(CN=[N+]=[N-])c(=O)[nH]c3=S)[C@H]2O1. The Morgan fingerprint density at radius 1 is 1.50 bits per heavy atom. The second kappa shape index (κ2) is 6.28. The molecule has 10 nitrogen and oxygen atoms in total. The monoisotopic (exact) mass is 355 g/mol. The molecule has 2 saturated heterocycles. The minimum absolute atomic E-state index is 0.117. The van der Waals surface area contributed by atoms with Crippen LogP contribution in [0.5, 0.6) is 0 Å². The van der Waals surface area contributed by atoms with E-state index in [1.54, 1.807) is 13.8 Å². The smallest absolute Gasteiger partial charge is 0.254 e. The van der Waals surface area contributed by atoms with E-state index in [1.807, 2.05) is 0 Å². The van der Waals surface area contributed by atoms with Crippen LogP contribution in [0.3, 0.4) is 0 Å². The lowest BCUT2D eigenvalue weighted by Crippen LogP contribution is -2.31. The zero-order valence-electron chi connectivity index (χ0n) is 13.1. The van der Waals surface area contributed by atoms with Crippen molar-refractivity contribution in [2.24, 2.45) is 5.11 Å². The molecule has 1 aromatic rings. The third-order valence-electron chi connectivity index (χ3n) is 3.93. The fourth-order valence-electron chi connectivity index (χ4n) is 2.97. The number of H-pyrrole nitrogens is 1.